The van der Waals surface area contributed by atoms with Crippen molar-refractivity contribution in [3.8, 4) is 0 Å². The van der Waals surface area contributed by atoms with Gasteiger partial charge >= 0.3 is 0 Å². The van der Waals surface area contributed by atoms with Gasteiger partial charge in [0.05, 0.1) is 4.88 Å². The van der Waals surface area contributed by atoms with Gasteiger partial charge in [0.2, 0.25) is 0 Å². The number of rotatable bonds is 2. The van der Waals surface area contributed by atoms with E-state index in [1.807, 2.05) is 11.8 Å². The molecule has 21 heavy (non-hydrogen) atoms. The zero-order chi connectivity index (χ0) is 14.3. The second-order valence-electron chi connectivity index (χ2n) is 5.23. The Labute approximate surface area is 133 Å². The van der Waals surface area contributed by atoms with Crippen LogP contribution in [-0.2, 0) is 0 Å². The van der Waals surface area contributed by atoms with Crippen molar-refractivity contribution < 1.29 is 9.18 Å². The van der Waals surface area contributed by atoms with Gasteiger partial charge in [-0.15, -0.1) is 23.7 Å². The molecule has 0 spiro atoms. The van der Waals surface area contributed by atoms with Crippen molar-refractivity contribution in [2.24, 2.45) is 5.73 Å². The van der Waals surface area contributed by atoms with E-state index in [0.717, 1.165) is 35.0 Å². The summed E-state index contributed by atoms with van der Waals surface area (Å²) in [7, 11) is 0. The highest BCUT2D eigenvalue weighted by molar-refractivity contribution is 7.21. The zero-order valence-corrected chi connectivity index (χ0v) is 13.4. The van der Waals surface area contributed by atoms with Crippen LogP contribution >= 0.6 is 23.7 Å². The number of aryl methyl sites for hydroxylation is 1. The first-order valence-electron chi connectivity index (χ1n) is 6.81. The standard InChI is InChI=1S/C15H17FN2OS.ClH/c1-9-12-7-10(16)4-5-13(12)20-14(9)15(19)18-6-2-3-11(18)8-17;/h4-5,7,11H,2-3,6,8,17H2,1H3;1H. The zero-order valence-electron chi connectivity index (χ0n) is 11.8. The smallest absolute Gasteiger partial charge is 0.264 e. The summed E-state index contributed by atoms with van der Waals surface area (Å²) in [6.07, 6.45) is 1.98. The Bertz CT molecular complexity index is 673. The molecule has 2 heterocycles. The third kappa shape index (κ3) is 2.78. The Morgan fingerprint density at radius 1 is 1.52 bits per heavy atom. The average Bonchev–Trinajstić information content (AvgIpc) is 3.03. The van der Waals surface area contributed by atoms with E-state index in [-0.39, 0.29) is 30.2 Å². The third-order valence-electron chi connectivity index (χ3n) is 4.00. The molecular formula is C15H18ClFN2OS. The Morgan fingerprint density at radius 3 is 3.00 bits per heavy atom. The minimum atomic E-state index is -0.265. The Balaban J connectivity index is 0.00000161. The van der Waals surface area contributed by atoms with Crippen LogP contribution in [0.25, 0.3) is 10.1 Å². The molecule has 0 aliphatic carbocycles. The normalized spacial score (nSPS) is 18.0. The van der Waals surface area contributed by atoms with Crippen LogP contribution in [0.1, 0.15) is 28.1 Å². The van der Waals surface area contributed by atoms with Gasteiger partial charge in [0.25, 0.3) is 5.91 Å². The van der Waals surface area contributed by atoms with E-state index in [1.54, 1.807) is 6.07 Å². The van der Waals surface area contributed by atoms with Crippen LogP contribution in [0, 0.1) is 12.7 Å². The van der Waals surface area contributed by atoms with E-state index in [9.17, 15) is 9.18 Å². The van der Waals surface area contributed by atoms with Gasteiger partial charge < -0.3 is 10.6 Å². The molecule has 1 saturated heterocycles. The van der Waals surface area contributed by atoms with Gasteiger partial charge in [-0.2, -0.15) is 0 Å². The van der Waals surface area contributed by atoms with E-state index in [4.69, 9.17) is 5.73 Å². The lowest BCUT2D eigenvalue weighted by molar-refractivity contribution is 0.0745. The van der Waals surface area contributed by atoms with Gasteiger partial charge in [0, 0.05) is 23.8 Å². The average molecular weight is 329 g/mol. The maximum absolute atomic E-state index is 13.3. The van der Waals surface area contributed by atoms with Gasteiger partial charge in [-0.25, -0.2) is 4.39 Å². The second-order valence-corrected chi connectivity index (χ2v) is 6.28. The Kier molecular flexibility index (Phi) is 4.86. The molecular weight excluding hydrogens is 311 g/mol. The van der Waals surface area contributed by atoms with Crippen LogP contribution < -0.4 is 5.73 Å². The molecule has 3 nitrogen and oxygen atoms in total. The van der Waals surface area contributed by atoms with Crippen molar-refractivity contribution in [2.75, 3.05) is 13.1 Å². The molecule has 114 valence electrons. The highest BCUT2D eigenvalue weighted by atomic mass is 35.5. The number of carbonyl (C=O) groups is 1. The van der Waals surface area contributed by atoms with Crippen molar-refractivity contribution >= 4 is 39.7 Å². The van der Waals surface area contributed by atoms with E-state index in [2.05, 4.69) is 0 Å². The van der Waals surface area contributed by atoms with Crippen LogP contribution in [0.15, 0.2) is 18.2 Å². The molecule has 1 aromatic heterocycles. The molecule has 1 aliphatic heterocycles. The number of carbonyl (C=O) groups excluding carboxylic acids is 1. The van der Waals surface area contributed by atoms with Crippen LogP contribution in [0.3, 0.4) is 0 Å². The first-order valence-corrected chi connectivity index (χ1v) is 7.63. The maximum atomic E-state index is 13.3. The lowest BCUT2D eigenvalue weighted by Gasteiger charge is -2.23. The minimum absolute atomic E-state index is 0. The van der Waals surface area contributed by atoms with Crippen molar-refractivity contribution in [3.05, 3.63) is 34.5 Å². The molecule has 0 bridgehead atoms. The molecule has 1 fully saturated rings. The number of hydrogen-bond donors (Lipinski definition) is 1. The number of likely N-dealkylation sites (tertiary alicyclic amines) is 1. The third-order valence-corrected chi connectivity index (χ3v) is 5.26. The van der Waals surface area contributed by atoms with Gasteiger partial charge in [0.15, 0.2) is 0 Å². The lowest BCUT2D eigenvalue weighted by atomic mass is 10.1. The molecule has 1 amide bonds. The Morgan fingerprint density at radius 2 is 2.29 bits per heavy atom. The summed E-state index contributed by atoms with van der Waals surface area (Å²) in [5.74, 6) is -0.226. The van der Waals surface area contributed by atoms with Crippen LogP contribution in [0.2, 0.25) is 0 Å². The molecule has 3 rings (SSSR count). The van der Waals surface area contributed by atoms with Crippen molar-refractivity contribution in [1.82, 2.24) is 4.90 Å². The van der Waals surface area contributed by atoms with Crippen molar-refractivity contribution in [1.29, 1.82) is 0 Å². The Hall–Kier alpha value is -1.17. The fraction of sp³-hybridized carbons (Fsp3) is 0.400. The summed E-state index contributed by atoms with van der Waals surface area (Å²) in [5.41, 5.74) is 6.61. The molecule has 2 aromatic rings. The van der Waals surface area contributed by atoms with Crippen LogP contribution in [0.4, 0.5) is 4.39 Å². The number of amides is 1. The summed E-state index contributed by atoms with van der Waals surface area (Å²) in [6, 6.07) is 4.82. The quantitative estimate of drug-likeness (QED) is 0.919. The van der Waals surface area contributed by atoms with Crippen molar-refractivity contribution in [2.45, 2.75) is 25.8 Å². The molecule has 2 N–H and O–H groups in total. The van der Waals surface area contributed by atoms with Gasteiger partial charge in [-0.05, 0) is 48.9 Å². The largest absolute Gasteiger partial charge is 0.334 e. The molecule has 1 atom stereocenters. The van der Waals surface area contributed by atoms with Crippen LogP contribution in [0.5, 0.6) is 0 Å². The fourth-order valence-corrected chi connectivity index (χ4v) is 4.02. The number of benzene rings is 1. The number of thiophene rings is 1. The predicted octanol–water partition coefficient (Wildman–Crippen LogP) is 3.33. The van der Waals surface area contributed by atoms with E-state index < -0.39 is 0 Å². The van der Waals surface area contributed by atoms with Gasteiger partial charge in [0.1, 0.15) is 5.82 Å². The number of halogens is 2. The summed E-state index contributed by atoms with van der Waals surface area (Å²) in [5, 5.41) is 0.835. The van der Waals surface area contributed by atoms with Crippen LogP contribution in [-0.4, -0.2) is 29.9 Å². The van der Waals surface area contributed by atoms with E-state index >= 15 is 0 Å². The topological polar surface area (TPSA) is 46.3 Å². The maximum Gasteiger partial charge on any atom is 0.264 e. The fourth-order valence-electron chi connectivity index (χ4n) is 2.88. The number of nitrogens with zero attached hydrogens (tertiary/aromatic N) is 1. The first-order chi connectivity index (χ1) is 9.61. The number of hydrogen-bond acceptors (Lipinski definition) is 3. The number of fused-ring (bicyclic) bond motifs is 1. The second kappa shape index (κ2) is 6.30. The van der Waals surface area contributed by atoms with Gasteiger partial charge in [-0.3, -0.25) is 4.79 Å². The molecule has 0 saturated carbocycles. The highest BCUT2D eigenvalue weighted by Crippen LogP contribution is 2.33. The van der Waals surface area contributed by atoms with E-state index in [1.165, 1.54) is 23.5 Å². The monoisotopic (exact) mass is 328 g/mol. The minimum Gasteiger partial charge on any atom is -0.334 e. The summed E-state index contributed by atoms with van der Waals surface area (Å²) in [4.78, 5) is 15.3. The molecule has 1 aliphatic rings. The van der Waals surface area contributed by atoms with Crippen molar-refractivity contribution in [3.63, 3.8) is 0 Å². The number of nitrogens with two attached hydrogens (primary N) is 1. The molecule has 1 aromatic carbocycles. The molecule has 6 heteroatoms. The molecule has 1 unspecified atom stereocenters. The highest BCUT2D eigenvalue weighted by Gasteiger charge is 2.30. The van der Waals surface area contributed by atoms with E-state index in [0.29, 0.717) is 11.4 Å². The van der Waals surface area contributed by atoms with Gasteiger partial charge in [-0.1, -0.05) is 0 Å². The first kappa shape index (κ1) is 16.2. The molecule has 0 radical (unpaired) electrons. The predicted molar refractivity (Wildman–Crippen MR) is 86.9 cm³/mol. The summed E-state index contributed by atoms with van der Waals surface area (Å²) in [6.45, 7) is 3.16. The lowest BCUT2D eigenvalue weighted by Crippen LogP contribution is -2.39. The summed E-state index contributed by atoms with van der Waals surface area (Å²) < 4.78 is 14.3. The SMILES string of the molecule is Cc1c(C(=O)N2CCCC2CN)sc2ccc(F)cc12.Cl. The summed E-state index contributed by atoms with van der Waals surface area (Å²) >= 11 is 1.44.